The number of carbonyl (C=O) groups is 1. The molecule has 2 N–H and O–H groups in total. The molecule has 0 radical (unpaired) electrons. The van der Waals surface area contributed by atoms with E-state index in [9.17, 15) is 13.2 Å². The molecule has 0 unspecified atom stereocenters. The maximum Gasteiger partial charge on any atom is 0.241 e. The summed E-state index contributed by atoms with van der Waals surface area (Å²) in [7, 11) is -2.22. The first kappa shape index (κ1) is 17.5. The summed E-state index contributed by atoms with van der Waals surface area (Å²) in [6.07, 6.45) is 0.654. The molecule has 1 amide bonds. The van der Waals surface area contributed by atoms with E-state index in [1.165, 1.54) is 32.2 Å². The summed E-state index contributed by atoms with van der Waals surface area (Å²) in [4.78, 5) is 11.3. The van der Waals surface area contributed by atoms with Gasteiger partial charge in [0, 0.05) is 12.5 Å². The Balaban J connectivity index is 3.22. The number of hydrogen-bond donors (Lipinski definition) is 2. The van der Waals surface area contributed by atoms with Gasteiger partial charge in [-0.1, -0.05) is 6.92 Å². The van der Waals surface area contributed by atoms with Gasteiger partial charge in [0.15, 0.2) is 0 Å². The van der Waals surface area contributed by atoms with E-state index < -0.39 is 15.6 Å². The van der Waals surface area contributed by atoms with Gasteiger partial charge in [-0.25, -0.2) is 13.1 Å². The van der Waals surface area contributed by atoms with Crippen molar-refractivity contribution in [1.82, 2.24) is 4.72 Å². The maximum absolute atomic E-state index is 12.4. The van der Waals surface area contributed by atoms with Crippen LogP contribution in [-0.4, -0.2) is 27.0 Å². The van der Waals surface area contributed by atoms with E-state index in [4.69, 9.17) is 4.74 Å². The van der Waals surface area contributed by atoms with Gasteiger partial charge in [-0.15, -0.1) is 0 Å². The number of benzene rings is 1. The minimum absolute atomic E-state index is 0.0774. The largest absolute Gasteiger partial charge is 0.495 e. The van der Waals surface area contributed by atoms with E-state index in [1.54, 1.807) is 0 Å². The van der Waals surface area contributed by atoms with Crippen LogP contribution >= 0.6 is 0 Å². The number of methoxy groups -OCH3 is 1. The quantitative estimate of drug-likeness (QED) is 0.842. The monoisotopic (exact) mass is 314 g/mol. The van der Waals surface area contributed by atoms with E-state index in [0.29, 0.717) is 17.9 Å². The highest BCUT2D eigenvalue weighted by Gasteiger charge is 2.25. The predicted molar refractivity (Wildman–Crippen MR) is 82.0 cm³/mol. The van der Waals surface area contributed by atoms with Crippen LogP contribution in [-0.2, 0) is 14.8 Å². The van der Waals surface area contributed by atoms with Crippen LogP contribution in [0.5, 0.6) is 5.75 Å². The Hall–Kier alpha value is -1.60. The zero-order chi connectivity index (χ0) is 16.3. The van der Waals surface area contributed by atoms with Crippen LogP contribution in [0.1, 0.15) is 34.1 Å². The van der Waals surface area contributed by atoms with E-state index in [1.807, 2.05) is 20.8 Å². The molecule has 1 rings (SSSR count). The van der Waals surface area contributed by atoms with Crippen LogP contribution < -0.4 is 14.8 Å². The fraction of sp³-hybridized carbons (Fsp3) is 0.500. The third-order valence-electron chi connectivity index (χ3n) is 3.09. The van der Waals surface area contributed by atoms with Crippen LogP contribution in [0.25, 0.3) is 0 Å². The lowest BCUT2D eigenvalue weighted by atomic mass is 10.0. The van der Waals surface area contributed by atoms with Crippen molar-refractivity contribution in [3.05, 3.63) is 18.2 Å². The number of carbonyl (C=O) groups excluding carboxylic acids is 1. The molecular formula is C14H22N2O4S. The standard InChI is InChI=1S/C14H22N2O4S/c1-6-14(3,4)16-21(18,19)11-7-8-13(20-5)12(9-11)15-10(2)17/h7-9,16H,6H2,1-5H3,(H,15,17). The molecular weight excluding hydrogens is 292 g/mol. The Morgan fingerprint density at radius 1 is 1.33 bits per heavy atom. The van der Waals surface area contributed by atoms with Crippen LogP contribution in [0.2, 0.25) is 0 Å². The van der Waals surface area contributed by atoms with Crippen molar-refractivity contribution < 1.29 is 17.9 Å². The minimum Gasteiger partial charge on any atom is -0.495 e. The van der Waals surface area contributed by atoms with E-state index >= 15 is 0 Å². The molecule has 0 bridgehead atoms. The van der Waals surface area contributed by atoms with Gasteiger partial charge in [0.25, 0.3) is 0 Å². The fourth-order valence-corrected chi connectivity index (χ4v) is 3.15. The zero-order valence-electron chi connectivity index (χ0n) is 13.0. The third-order valence-corrected chi connectivity index (χ3v) is 4.78. The smallest absolute Gasteiger partial charge is 0.241 e. The summed E-state index contributed by atoms with van der Waals surface area (Å²) in [5, 5.41) is 2.56. The normalized spacial score (nSPS) is 12.0. The van der Waals surface area contributed by atoms with Crippen LogP contribution in [0.3, 0.4) is 0 Å². The second-order valence-electron chi connectivity index (χ2n) is 5.39. The molecule has 0 aliphatic rings. The van der Waals surface area contributed by atoms with Crippen molar-refractivity contribution in [2.24, 2.45) is 0 Å². The van der Waals surface area contributed by atoms with E-state index in [-0.39, 0.29) is 10.8 Å². The Labute approximate surface area is 125 Å². The number of ether oxygens (including phenoxy) is 1. The lowest BCUT2D eigenvalue weighted by Gasteiger charge is -2.24. The first-order chi connectivity index (χ1) is 9.61. The van der Waals surface area contributed by atoms with Gasteiger partial charge >= 0.3 is 0 Å². The number of hydrogen-bond acceptors (Lipinski definition) is 4. The van der Waals surface area contributed by atoms with Crippen molar-refractivity contribution in [2.45, 2.75) is 44.6 Å². The molecule has 0 fully saturated rings. The molecule has 6 nitrogen and oxygen atoms in total. The first-order valence-electron chi connectivity index (χ1n) is 6.61. The van der Waals surface area contributed by atoms with E-state index in [2.05, 4.69) is 10.0 Å². The summed E-state index contributed by atoms with van der Waals surface area (Å²) >= 11 is 0. The van der Waals surface area contributed by atoms with Gasteiger partial charge in [0.2, 0.25) is 15.9 Å². The molecule has 0 spiro atoms. The summed E-state index contributed by atoms with van der Waals surface area (Å²) in [6, 6.07) is 4.34. The lowest BCUT2D eigenvalue weighted by Crippen LogP contribution is -2.42. The SMILES string of the molecule is CCC(C)(C)NS(=O)(=O)c1ccc(OC)c(NC(C)=O)c1. The van der Waals surface area contributed by atoms with Crippen LogP contribution in [0.15, 0.2) is 23.1 Å². The van der Waals surface area contributed by atoms with Gasteiger partial charge in [-0.05, 0) is 38.5 Å². The number of amides is 1. The molecule has 0 saturated heterocycles. The van der Waals surface area contributed by atoms with Gasteiger partial charge in [0.1, 0.15) is 5.75 Å². The molecule has 0 saturated carbocycles. The van der Waals surface area contributed by atoms with E-state index in [0.717, 1.165) is 0 Å². The second kappa shape index (κ2) is 6.44. The number of sulfonamides is 1. The molecule has 1 aromatic rings. The highest BCUT2D eigenvalue weighted by Crippen LogP contribution is 2.28. The lowest BCUT2D eigenvalue weighted by molar-refractivity contribution is -0.114. The molecule has 21 heavy (non-hydrogen) atoms. The first-order valence-corrected chi connectivity index (χ1v) is 8.09. The van der Waals surface area contributed by atoms with Gasteiger partial charge in [-0.3, -0.25) is 4.79 Å². The number of anilines is 1. The van der Waals surface area contributed by atoms with Crippen molar-refractivity contribution in [1.29, 1.82) is 0 Å². The zero-order valence-corrected chi connectivity index (χ0v) is 13.8. The van der Waals surface area contributed by atoms with Crippen LogP contribution in [0.4, 0.5) is 5.69 Å². The highest BCUT2D eigenvalue weighted by molar-refractivity contribution is 7.89. The van der Waals surface area contributed by atoms with Gasteiger partial charge in [-0.2, -0.15) is 0 Å². The molecule has 7 heteroatoms. The Morgan fingerprint density at radius 3 is 2.43 bits per heavy atom. The van der Waals surface area contributed by atoms with Crippen molar-refractivity contribution >= 4 is 21.6 Å². The molecule has 118 valence electrons. The van der Waals surface area contributed by atoms with Crippen molar-refractivity contribution in [3.8, 4) is 5.75 Å². The third kappa shape index (κ3) is 4.71. The predicted octanol–water partition coefficient (Wildman–Crippen LogP) is 2.12. The molecule has 1 aromatic carbocycles. The summed E-state index contributed by atoms with van der Waals surface area (Å²) < 4.78 is 32.5. The average molecular weight is 314 g/mol. The number of rotatable bonds is 6. The molecule has 0 heterocycles. The topological polar surface area (TPSA) is 84.5 Å². The summed E-state index contributed by atoms with van der Waals surface area (Å²) in [6.45, 7) is 6.87. The second-order valence-corrected chi connectivity index (χ2v) is 7.07. The Morgan fingerprint density at radius 2 is 1.95 bits per heavy atom. The molecule has 0 atom stereocenters. The minimum atomic E-state index is -3.67. The van der Waals surface area contributed by atoms with Gasteiger partial charge < -0.3 is 10.1 Å². The molecule has 0 aliphatic heterocycles. The summed E-state index contributed by atoms with van der Waals surface area (Å²) in [5.74, 6) is 0.101. The van der Waals surface area contributed by atoms with Crippen molar-refractivity contribution in [3.63, 3.8) is 0 Å². The Kier molecular flexibility index (Phi) is 5.36. The molecule has 0 aromatic heterocycles. The summed E-state index contributed by atoms with van der Waals surface area (Å²) in [5.41, 5.74) is -0.227. The van der Waals surface area contributed by atoms with Crippen molar-refractivity contribution in [2.75, 3.05) is 12.4 Å². The highest BCUT2D eigenvalue weighted by atomic mass is 32.2. The Bertz CT molecular complexity index is 624. The number of nitrogens with one attached hydrogen (secondary N) is 2. The van der Waals surface area contributed by atoms with Gasteiger partial charge in [0.05, 0.1) is 17.7 Å². The average Bonchev–Trinajstić information content (AvgIpc) is 2.36. The fourth-order valence-electron chi connectivity index (χ4n) is 1.64. The van der Waals surface area contributed by atoms with Crippen LogP contribution in [0, 0.1) is 0 Å². The maximum atomic E-state index is 12.4. The molecule has 0 aliphatic carbocycles.